The second kappa shape index (κ2) is 9.60. The molecule has 8 nitrogen and oxygen atoms in total. The Kier molecular flexibility index (Phi) is 6.43. The van der Waals surface area contributed by atoms with Crippen molar-refractivity contribution in [2.24, 2.45) is 21.2 Å². The summed E-state index contributed by atoms with van der Waals surface area (Å²) >= 11 is 0. The van der Waals surface area contributed by atoms with Crippen LogP contribution in [0.25, 0.3) is 0 Å². The van der Waals surface area contributed by atoms with E-state index >= 15 is 0 Å². The topological polar surface area (TPSA) is 110 Å². The molecule has 1 aliphatic heterocycles. The van der Waals surface area contributed by atoms with Gasteiger partial charge in [-0.15, -0.1) is 15.4 Å². The quantitative estimate of drug-likeness (QED) is 0.215. The molecule has 0 saturated carbocycles. The maximum Gasteiger partial charge on any atom is 0.277 e. The van der Waals surface area contributed by atoms with E-state index in [2.05, 4.69) is 63.0 Å². The number of nitrogens with two attached hydrogens (primary N) is 2. The molecule has 0 unspecified atom stereocenters. The van der Waals surface area contributed by atoms with E-state index in [1.165, 1.54) is 0 Å². The predicted molar refractivity (Wildman–Crippen MR) is 111 cm³/mol. The van der Waals surface area contributed by atoms with E-state index in [9.17, 15) is 0 Å². The molecule has 140 valence electrons. The van der Waals surface area contributed by atoms with Gasteiger partial charge in [-0.1, -0.05) is 59.7 Å². The molecule has 0 aliphatic carbocycles. The Balaban J connectivity index is 0.000000403. The van der Waals surface area contributed by atoms with Crippen LogP contribution in [0.3, 0.4) is 0 Å². The largest absolute Gasteiger partial charge is 0.322 e. The van der Waals surface area contributed by atoms with E-state index in [4.69, 9.17) is 10.6 Å². The number of hydrazine groups is 1. The van der Waals surface area contributed by atoms with Gasteiger partial charge in [-0.05, 0) is 36.4 Å². The molecule has 5 N–H and O–H groups in total. The molecule has 0 fully saturated rings. The lowest BCUT2D eigenvalue weighted by Gasteiger charge is -2.23. The van der Waals surface area contributed by atoms with Crippen molar-refractivity contribution in [3.8, 4) is 0 Å². The summed E-state index contributed by atoms with van der Waals surface area (Å²) in [5.41, 5.74) is 11.3. The molecule has 0 amide bonds. The number of hydrogen-bond acceptors (Lipinski definition) is 6. The number of amidine groups is 1. The van der Waals surface area contributed by atoms with E-state index in [1.54, 1.807) is 0 Å². The van der Waals surface area contributed by atoms with E-state index in [0.29, 0.717) is 0 Å². The van der Waals surface area contributed by atoms with E-state index < -0.39 is 0 Å². The van der Waals surface area contributed by atoms with Crippen LogP contribution in [0.2, 0.25) is 0 Å². The molecule has 1 aliphatic rings. The highest BCUT2D eigenvalue weighted by atomic mass is 15.9. The molecule has 0 spiro atoms. The lowest BCUT2D eigenvalue weighted by atomic mass is 10.2. The van der Waals surface area contributed by atoms with Crippen molar-refractivity contribution in [1.82, 2.24) is 0 Å². The van der Waals surface area contributed by atoms with Crippen LogP contribution in [0.4, 0.5) is 11.4 Å². The molecule has 3 aromatic carbocycles. The number of nitrogens with zero attached hydrogens (tertiary/aromatic N) is 5. The molecule has 0 bridgehead atoms. The van der Waals surface area contributed by atoms with E-state index in [0.717, 1.165) is 29.1 Å². The SMILES string of the molecule is N=NC=NN.c1ccc(C2=NN(c3ccccc3)N(c3ccccc3)[NH2+]2)cc1. The van der Waals surface area contributed by atoms with Crippen LogP contribution in [-0.4, -0.2) is 12.2 Å². The van der Waals surface area contributed by atoms with Gasteiger partial charge in [-0.3, -0.25) is 0 Å². The van der Waals surface area contributed by atoms with Crippen molar-refractivity contribution in [2.75, 3.05) is 10.2 Å². The summed E-state index contributed by atoms with van der Waals surface area (Å²) < 4.78 is 0. The normalized spacial score (nSPS) is 13.1. The van der Waals surface area contributed by atoms with Gasteiger partial charge in [0.15, 0.2) is 6.34 Å². The van der Waals surface area contributed by atoms with Crippen LogP contribution in [-0.2, 0) is 0 Å². The molecule has 3 aromatic rings. The minimum Gasteiger partial charge on any atom is -0.322 e. The minimum atomic E-state index is 0.943. The zero-order chi connectivity index (χ0) is 19.6. The number of quaternary nitrogens is 1. The molecule has 0 radical (unpaired) electrons. The summed E-state index contributed by atoms with van der Waals surface area (Å²) in [4.78, 5) is 0. The molecule has 0 atom stereocenters. The Morgan fingerprint density at radius 1 is 0.821 bits per heavy atom. The fraction of sp³-hybridized carbons (Fsp3) is 0. The minimum absolute atomic E-state index is 0.943. The Bertz CT molecular complexity index is 926. The average molecular weight is 373 g/mol. The second-order valence-electron chi connectivity index (χ2n) is 5.68. The number of hydrogen-bond donors (Lipinski definition) is 3. The maximum absolute atomic E-state index is 6.00. The number of benzene rings is 3. The molecule has 1 heterocycles. The van der Waals surface area contributed by atoms with Crippen molar-refractivity contribution < 1.29 is 5.43 Å². The first kappa shape index (κ1) is 18.7. The predicted octanol–water partition coefficient (Wildman–Crippen LogP) is 2.69. The van der Waals surface area contributed by atoms with Crippen molar-refractivity contribution in [3.63, 3.8) is 0 Å². The second-order valence-corrected chi connectivity index (χ2v) is 5.68. The number of nitrogens with one attached hydrogen (secondary N) is 1. The maximum atomic E-state index is 6.00. The van der Waals surface area contributed by atoms with Gasteiger partial charge >= 0.3 is 0 Å². The Morgan fingerprint density at radius 3 is 1.86 bits per heavy atom. The molecule has 0 aromatic heterocycles. The first-order chi connectivity index (χ1) is 13.8. The third-order valence-corrected chi connectivity index (χ3v) is 3.85. The van der Waals surface area contributed by atoms with Gasteiger partial charge in [0.2, 0.25) is 0 Å². The summed E-state index contributed by atoms with van der Waals surface area (Å²) in [6.07, 6.45) is 0.944. The Labute approximate surface area is 163 Å². The van der Waals surface area contributed by atoms with Gasteiger partial charge in [0.25, 0.3) is 5.84 Å². The van der Waals surface area contributed by atoms with Gasteiger partial charge in [-0.25, -0.2) is 5.53 Å². The summed E-state index contributed by atoms with van der Waals surface area (Å²) in [5.74, 6) is 5.44. The third-order valence-electron chi connectivity index (χ3n) is 3.85. The van der Waals surface area contributed by atoms with Crippen LogP contribution in [0.15, 0.2) is 106 Å². The first-order valence-electron chi connectivity index (χ1n) is 8.60. The molecular weight excluding hydrogens is 352 g/mol. The summed E-state index contributed by atoms with van der Waals surface area (Å²) in [7, 11) is 0. The first-order valence-corrected chi connectivity index (χ1v) is 8.60. The van der Waals surface area contributed by atoms with E-state index in [-0.39, 0.29) is 0 Å². The van der Waals surface area contributed by atoms with Gasteiger partial charge in [0.05, 0.1) is 11.3 Å². The summed E-state index contributed by atoms with van der Waals surface area (Å²) in [6.45, 7) is 0. The van der Waals surface area contributed by atoms with Gasteiger partial charge in [-0.2, -0.15) is 10.5 Å². The smallest absolute Gasteiger partial charge is 0.277 e. The fourth-order valence-electron chi connectivity index (χ4n) is 2.63. The average Bonchev–Trinajstić information content (AvgIpc) is 3.22. The van der Waals surface area contributed by atoms with Crippen molar-refractivity contribution in [1.29, 1.82) is 5.53 Å². The molecule has 4 rings (SSSR count). The Hall–Kier alpha value is -4.04. The molecular formula is C20H21N8+. The highest BCUT2D eigenvalue weighted by Crippen LogP contribution is 2.22. The van der Waals surface area contributed by atoms with Crippen LogP contribution < -0.4 is 21.5 Å². The number of hydrazone groups is 2. The lowest BCUT2D eigenvalue weighted by Crippen LogP contribution is -2.96. The van der Waals surface area contributed by atoms with E-state index in [1.807, 2.05) is 59.7 Å². The number of para-hydroxylation sites is 2. The van der Waals surface area contributed by atoms with Crippen LogP contribution in [0.5, 0.6) is 0 Å². The highest BCUT2D eigenvalue weighted by Gasteiger charge is 2.30. The summed E-state index contributed by atoms with van der Waals surface area (Å²) in [6, 6.07) is 30.6. The lowest BCUT2D eigenvalue weighted by molar-refractivity contribution is -0.545. The van der Waals surface area contributed by atoms with Crippen molar-refractivity contribution in [3.05, 3.63) is 96.6 Å². The monoisotopic (exact) mass is 373 g/mol. The zero-order valence-corrected chi connectivity index (χ0v) is 15.1. The molecule has 8 heteroatoms. The zero-order valence-electron chi connectivity index (χ0n) is 15.1. The highest BCUT2D eigenvalue weighted by molar-refractivity contribution is 5.93. The molecule has 0 saturated heterocycles. The van der Waals surface area contributed by atoms with Crippen LogP contribution in [0.1, 0.15) is 5.56 Å². The Morgan fingerprint density at radius 2 is 1.36 bits per heavy atom. The number of rotatable bonds is 4. The van der Waals surface area contributed by atoms with Crippen LogP contribution >= 0.6 is 0 Å². The summed E-state index contributed by atoms with van der Waals surface area (Å²) in [5, 5.41) is 14.4. The fourth-order valence-corrected chi connectivity index (χ4v) is 2.63. The standard InChI is InChI=1S/C19H16N4.CH4N4/c1-4-10-16(11-5-1)19-20-22(17-12-6-2-7-13-17)23(21-19)18-14-8-3-9-15-18;2-4-1-5-3/h1-15H,(H,20,21);1-2H,3H2/p+1. The van der Waals surface area contributed by atoms with Crippen molar-refractivity contribution >= 4 is 23.5 Å². The van der Waals surface area contributed by atoms with Gasteiger partial charge in [0.1, 0.15) is 5.69 Å². The van der Waals surface area contributed by atoms with Gasteiger partial charge in [0, 0.05) is 0 Å². The van der Waals surface area contributed by atoms with Crippen LogP contribution in [0, 0.1) is 5.53 Å². The van der Waals surface area contributed by atoms with Gasteiger partial charge < -0.3 is 5.84 Å². The van der Waals surface area contributed by atoms with Crippen molar-refractivity contribution in [2.45, 2.75) is 0 Å². The molecule has 28 heavy (non-hydrogen) atoms. The number of anilines is 2. The third kappa shape index (κ3) is 4.57.